The maximum absolute atomic E-state index is 11.5. The van der Waals surface area contributed by atoms with Crippen molar-refractivity contribution in [3.8, 4) is 0 Å². The van der Waals surface area contributed by atoms with Crippen molar-refractivity contribution >= 4 is 5.91 Å². The van der Waals surface area contributed by atoms with E-state index in [4.69, 9.17) is 5.73 Å². The lowest BCUT2D eigenvalue weighted by molar-refractivity contribution is -0.124. The second-order valence-electron chi connectivity index (χ2n) is 6.40. The highest BCUT2D eigenvalue weighted by atomic mass is 16.3. The molecule has 2 rings (SSSR count). The van der Waals surface area contributed by atoms with Crippen molar-refractivity contribution in [1.82, 2.24) is 9.80 Å². The molecule has 2 aliphatic rings. The molecule has 0 aromatic rings. The molecule has 0 saturated carbocycles. The van der Waals surface area contributed by atoms with Crippen LogP contribution in [0.4, 0.5) is 0 Å². The minimum atomic E-state index is -0.212. The predicted molar refractivity (Wildman–Crippen MR) is 78.9 cm³/mol. The summed E-state index contributed by atoms with van der Waals surface area (Å²) in [5.74, 6) is 0.114. The number of carbonyl (C=O) groups excluding carboxylic acids is 1. The molecule has 20 heavy (non-hydrogen) atoms. The number of hydrogen-bond donors (Lipinski definition) is 2. The molecule has 3 N–H and O–H groups in total. The zero-order valence-corrected chi connectivity index (χ0v) is 12.7. The fourth-order valence-electron chi connectivity index (χ4n) is 3.37. The van der Waals surface area contributed by atoms with Crippen LogP contribution < -0.4 is 5.73 Å². The Kier molecular flexibility index (Phi) is 5.41. The van der Waals surface area contributed by atoms with E-state index in [1.807, 2.05) is 0 Å². The first-order valence-corrected chi connectivity index (χ1v) is 7.76. The minimum absolute atomic E-state index is 0.140. The number of hydrogen-bond acceptors (Lipinski definition) is 4. The lowest BCUT2D eigenvalue weighted by atomic mass is 9.95. The number of nitrogens with zero attached hydrogens (tertiary/aromatic N) is 2. The molecule has 2 heterocycles. The first-order valence-electron chi connectivity index (χ1n) is 7.76. The van der Waals surface area contributed by atoms with Crippen molar-refractivity contribution in [3.05, 3.63) is 6.42 Å². The Balaban J connectivity index is 1.89. The fraction of sp³-hybridized carbons (Fsp3) is 0.867. The van der Waals surface area contributed by atoms with Gasteiger partial charge in [-0.05, 0) is 45.1 Å². The van der Waals surface area contributed by atoms with E-state index in [2.05, 4.69) is 30.1 Å². The number of aliphatic hydroxyl groups excluding tert-OH is 1. The Labute approximate surface area is 122 Å². The molecule has 2 saturated heterocycles. The highest BCUT2D eigenvalue weighted by Crippen LogP contribution is 2.21. The Bertz CT molecular complexity index is 337. The van der Waals surface area contributed by atoms with Gasteiger partial charge in [-0.1, -0.05) is 6.92 Å². The van der Waals surface area contributed by atoms with Crippen LogP contribution >= 0.6 is 0 Å². The van der Waals surface area contributed by atoms with Gasteiger partial charge in [0.15, 0.2) is 0 Å². The van der Waals surface area contributed by atoms with Crippen LogP contribution in [0.15, 0.2) is 0 Å². The molecule has 0 bridgehead atoms. The molecule has 1 unspecified atom stereocenters. The second kappa shape index (κ2) is 6.87. The lowest BCUT2D eigenvalue weighted by Gasteiger charge is -2.42. The normalized spacial score (nSPS) is 34.9. The van der Waals surface area contributed by atoms with Crippen LogP contribution in [0.5, 0.6) is 0 Å². The molecule has 0 aromatic carbocycles. The average Bonchev–Trinajstić information content (AvgIpc) is 2.42. The maximum Gasteiger partial charge on any atom is 0.234 e. The number of primary amides is 1. The quantitative estimate of drug-likeness (QED) is 0.774. The molecule has 2 fully saturated rings. The van der Waals surface area contributed by atoms with Gasteiger partial charge in [-0.3, -0.25) is 14.6 Å². The van der Waals surface area contributed by atoms with Crippen molar-refractivity contribution in [1.29, 1.82) is 0 Å². The number of rotatable bonds is 4. The van der Waals surface area contributed by atoms with Crippen molar-refractivity contribution in [2.75, 3.05) is 26.2 Å². The van der Waals surface area contributed by atoms with Gasteiger partial charge in [-0.2, -0.15) is 0 Å². The van der Waals surface area contributed by atoms with Crippen molar-refractivity contribution in [2.45, 2.75) is 51.3 Å². The summed E-state index contributed by atoms with van der Waals surface area (Å²) in [6.07, 6.45) is 4.65. The summed E-state index contributed by atoms with van der Waals surface area (Å²) in [6, 6.07) is 0.254. The molecule has 5 nitrogen and oxygen atoms in total. The zero-order chi connectivity index (χ0) is 14.7. The SMILES string of the molecule is C[C@H]1CN([C@@H](C)CN2CC[CH]CC2C(N)=O)CC[C@@H]1O. The molecule has 5 heteroatoms. The minimum Gasteiger partial charge on any atom is -0.393 e. The number of aliphatic hydroxyl groups is 1. The molecular weight excluding hydrogens is 254 g/mol. The highest BCUT2D eigenvalue weighted by Gasteiger charge is 2.31. The number of likely N-dealkylation sites (tertiary alicyclic amines) is 2. The van der Waals surface area contributed by atoms with Gasteiger partial charge in [-0.15, -0.1) is 0 Å². The molecule has 0 aliphatic carbocycles. The molecule has 115 valence electrons. The smallest absolute Gasteiger partial charge is 0.234 e. The molecule has 1 amide bonds. The van der Waals surface area contributed by atoms with Gasteiger partial charge in [0.2, 0.25) is 5.91 Å². The van der Waals surface area contributed by atoms with E-state index in [0.29, 0.717) is 12.0 Å². The standard InChI is InChI=1S/C15H28N3O2/c1-11-9-17(8-6-14(11)19)12(2)10-18-7-4-3-5-13(18)15(16)20/h3,11-14,19H,4-10H2,1-2H3,(H2,16,20)/t11-,12-,13?,14-/m0/s1. The van der Waals surface area contributed by atoms with E-state index in [1.54, 1.807) is 0 Å². The number of carbonyl (C=O) groups is 1. The Morgan fingerprint density at radius 2 is 2.25 bits per heavy atom. The number of piperidine rings is 2. The van der Waals surface area contributed by atoms with E-state index >= 15 is 0 Å². The van der Waals surface area contributed by atoms with E-state index in [1.165, 1.54) is 0 Å². The average molecular weight is 282 g/mol. The molecule has 0 spiro atoms. The summed E-state index contributed by atoms with van der Waals surface area (Å²) in [7, 11) is 0. The number of nitrogens with two attached hydrogens (primary N) is 1. The zero-order valence-electron chi connectivity index (χ0n) is 12.7. The Morgan fingerprint density at radius 1 is 1.50 bits per heavy atom. The van der Waals surface area contributed by atoms with E-state index < -0.39 is 0 Å². The van der Waals surface area contributed by atoms with E-state index in [9.17, 15) is 9.90 Å². The van der Waals surface area contributed by atoms with Crippen molar-refractivity contribution < 1.29 is 9.90 Å². The van der Waals surface area contributed by atoms with Gasteiger partial charge >= 0.3 is 0 Å². The molecular formula is C15H28N3O2. The van der Waals surface area contributed by atoms with E-state index in [-0.39, 0.29) is 18.1 Å². The Morgan fingerprint density at radius 3 is 2.90 bits per heavy atom. The van der Waals surface area contributed by atoms with Gasteiger partial charge < -0.3 is 10.8 Å². The third-order valence-corrected chi connectivity index (χ3v) is 4.79. The van der Waals surface area contributed by atoms with Crippen LogP contribution in [0, 0.1) is 12.3 Å². The van der Waals surface area contributed by atoms with Gasteiger partial charge in [0.1, 0.15) is 0 Å². The highest BCUT2D eigenvalue weighted by molar-refractivity contribution is 5.80. The van der Waals surface area contributed by atoms with Gasteiger partial charge in [-0.25, -0.2) is 0 Å². The summed E-state index contributed by atoms with van der Waals surface area (Å²) < 4.78 is 0. The molecule has 4 atom stereocenters. The van der Waals surface area contributed by atoms with Crippen molar-refractivity contribution in [3.63, 3.8) is 0 Å². The van der Waals surface area contributed by atoms with Gasteiger partial charge in [0.05, 0.1) is 12.1 Å². The van der Waals surface area contributed by atoms with Crippen molar-refractivity contribution in [2.24, 2.45) is 11.7 Å². The molecule has 0 aromatic heterocycles. The summed E-state index contributed by atoms with van der Waals surface area (Å²) in [4.78, 5) is 16.2. The first kappa shape index (κ1) is 15.7. The van der Waals surface area contributed by atoms with Crippen LogP contribution in [-0.2, 0) is 4.79 Å². The topological polar surface area (TPSA) is 69.8 Å². The summed E-state index contributed by atoms with van der Waals surface area (Å²) in [6.45, 7) is 7.98. The van der Waals surface area contributed by atoms with Gasteiger partial charge in [0.25, 0.3) is 0 Å². The first-order chi connectivity index (χ1) is 9.49. The summed E-state index contributed by atoms with van der Waals surface area (Å²) in [5, 5.41) is 9.81. The second-order valence-corrected chi connectivity index (χ2v) is 6.40. The molecule has 2 aliphatic heterocycles. The third kappa shape index (κ3) is 3.71. The van der Waals surface area contributed by atoms with Crippen LogP contribution in [0.1, 0.15) is 33.1 Å². The monoisotopic (exact) mass is 282 g/mol. The van der Waals surface area contributed by atoms with Gasteiger partial charge in [0, 0.05) is 25.7 Å². The third-order valence-electron chi connectivity index (χ3n) is 4.79. The van der Waals surface area contributed by atoms with Crippen LogP contribution in [-0.4, -0.2) is 65.2 Å². The fourth-order valence-corrected chi connectivity index (χ4v) is 3.37. The van der Waals surface area contributed by atoms with E-state index in [0.717, 1.165) is 45.4 Å². The largest absolute Gasteiger partial charge is 0.393 e. The van der Waals surface area contributed by atoms with Crippen LogP contribution in [0.3, 0.4) is 0 Å². The van der Waals surface area contributed by atoms with Crippen LogP contribution in [0.2, 0.25) is 0 Å². The maximum atomic E-state index is 11.5. The summed E-state index contributed by atoms with van der Waals surface area (Å²) >= 11 is 0. The number of amides is 1. The molecule has 1 radical (unpaired) electrons. The summed E-state index contributed by atoms with van der Waals surface area (Å²) in [5.41, 5.74) is 5.50. The Hall–Kier alpha value is -0.650. The van der Waals surface area contributed by atoms with Crippen LogP contribution in [0.25, 0.3) is 0 Å². The lowest BCUT2D eigenvalue weighted by Crippen LogP contribution is -2.54. The predicted octanol–water partition coefficient (Wildman–Crippen LogP) is 0.232.